The summed E-state index contributed by atoms with van der Waals surface area (Å²) >= 11 is 0. The molecule has 1 aliphatic heterocycles. The molecule has 0 radical (unpaired) electrons. The monoisotopic (exact) mass is 130 g/mol. The Morgan fingerprint density at radius 2 is 2.44 bits per heavy atom. The maximum absolute atomic E-state index is 10.5. The van der Waals surface area contributed by atoms with Gasteiger partial charge in [0.1, 0.15) is 6.61 Å². The van der Waals surface area contributed by atoms with E-state index in [1.54, 1.807) is 0 Å². The molecule has 0 aromatic carbocycles. The topological polar surface area (TPSA) is 46.5 Å². The zero-order chi connectivity index (χ0) is 6.85. The van der Waals surface area contributed by atoms with Crippen LogP contribution in [0.15, 0.2) is 0 Å². The molecule has 0 aliphatic carbocycles. The van der Waals surface area contributed by atoms with Crippen LogP contribution >= 0.6 is 0 Å². The van der Waals surface area contributed by atoms with Crippen molar-refractivity contribution in [3.8, 4) is 0 Å². The molecule has 1 fully saturated rings. The van der Waals surface area contributed by atoms with Crippen LogP contribution in [0.5, 0.6) is 0 Å². The van der Waals surface area contributed by atoms with Crippen molar-refractivity contribution in [2.75, 3.05) is 6.61 Å². The SMILES string of the molecule is CC1CC(=O)OCC1O. The summed E-state index contributed by atoms with van der Waals surface area (Å²) in [5.74, 6) is -0.140. The first-order valence-corrected chi connectivity index (χ1v) is 3.04. The van der Waals surface area contributed by atoms with Gasteiger partial charge in [-0.05, 0) is 5.92 Å². The van der Waals surface area contributed by atoms with Gasteiger partial charge in [0, 0.05) is 0 Å². The van der Waals surface area contributed by atoms with E-state index in [2.05, 4.69) is 4.74 Å². The number of rotatable bonds is 0. The highest BCUT2D eigenvalue weighted by atomic mass is 16.5. The molecule has 1 N–H and O–H groups in total. The molecule has 9 heavy (non-hydrogen) atoms. The van der Waals surface area contributed by atoms with Crippen LogP contribution in [0.4, 0.5) is 0 Å². The van der Waals surface area contributed by atoms with Gasteiger partial charge in [0.05, 0.1) is 12.5 Å². The summed E-state index contributed by atoms with van der Waals surface area (Å²) in [5.41, 5.74) is 0. The number of aliphatic hydroxyl groups is 1. The summed E-state index contributed by atoms with van der Waals surface area (Å²) in [7, 11) is 0. The van der Waals surface area contributed by atoms with Crippen molar-refractivity contribution in [1.82, 2.24) is 0 Å². The average Bonchev–Trinajstić information content (AvgIpc) is 1.80. The third-order valence-electron chi connectivity index (χ3n) is 1.56. The summed E-state index contributed by atoms with van der Waals surface area (Å²) in [6.45, 7) is 2.01. The van der Waals surface area contributed by atoms with Crippen molar-refractivity contribution < 1.29 is 14.6 Å². The fourth-order valence-corrected chi connectivity index (χ4v) is 0.800. The molecule has 0 spiro atoms. The van der Waals surface area contributed by atoms with Gasteiger partial charge in [-0.2, -0.15) is 0 Å². The minimum Gasteiger partial charge on any atom is -0.463 e. The molecule has 52 valence electrons. The largest absolute Gasteiger partial charge is 0.463 e. The van der Waals surface area contributed by atoms with Gasteiger partial charge in [-0.1, -0.05) is 6.92 Å². The molecule has 1 rings (SSSR count). The molecule has 1 aliphatic rings. The fraction of sp³-hybridized carbons (Fsp3) is 0.833. The molecule has 1 saturated heterocycles. The van der Waals surface area contributed by atoms with Crippen molar-refractivity contribution in [2.45, 2.75) is 19.4 Å². The van der Waals surface area contributed by atoms with Crippen molar-refractivity contribution in [3.63, 3.8) is 0 Å². The molecule has 2 unspecified atom stereocenters. The van der Waals surface area contributed by atoms with E-state index in [1.807, 2.05) is 6.92 Å². The van der Waals surface area contributed by atoms with Gasteiger partial charge in [0.25, 0.3) is 0 Å². The molecule has 1 heterocycles. The standard InChI is InChI=1S/C6H10O3/c1-4-2-6(8)9-3-5(4)7/h4-5,7H,2-3H2,1H3. The molecule has 2 atom stereocenters. The lowest BCUT2D eigenvalue weighted by molar-refractivity contribution is -0.156. The van der Waals surface area contributed by atoms with E-state index in [0.717, 1.165) is 0 Å². The summed E-state index contributed by atoms with van der Waals surface area (Å²) < 4.78 is 4.57. The van der Waals surface area contributed by atoms with E-state index in [-0.39, 0.29) is 18.5 Å². The molecule has 0 amide bonds. The lowest BCUT2D eigenvalue weighted by atomic mass is 10.00. The highest BCUT2D eigenvalue weighted by molar-refractivity contribution is 5.70. The normalized spacial score (nSPS) is 36.0. The lowest BCUT2D eigenvalue weighted by Gasteiger charge is -2.22. The number of esters is 1. The number of cyclic esters (lactones) is 1. The van der Waals surface area contributed by atoms with Crippen LogP contribution in [0.25, 0.3) is 0 Å². The van der Waals surface area contributed by atoms with Crippen LogP contribution in [0, 0.1) is 5.92 Å². The lowest BCUT2D eigenvalue weighted by Crippen LogP contribution is -2.33. The van der Waals surface area contributed by atoms with Crippen LogP contribution < -0.4 is 0 Å². The molecule has 3 nitrogen and oxygen atoms in total. The highest BCUT2D eigenvalue weighted by Gasteiger charge is 2.24. The van der Waals surface area contributed by atoms with Crippen LogP contribution in [0.2, 0.25) is 0 Å². The molecule has 0 aromatic heterocycles. The average molecular weight is 130 g/mol. The Hall–Kier alpha value is -0.570. The minimum atomic E-state index is -0.456. The van der Waals surface area contributed by atoms with Crippen LogP contribution in [0.3, 0.4) is 0 Å². The van der Waals surface area contributed by atoms with Gasteiger partial charge >= 0.3 is 5.97 Å². The zero-order valence-electron chi connectivity index (χ0n) is 5.33. The zero-order valence-corrected chi connectivity index (χ0v) is 5.33. The summed E-state index contributed by atoms with van der Waals surface area (Å²) in [6.07, 6.45) is -0.107. The van der Waals surface area contributed by atoms with Crippen molar-refractivity contribution in [1.29, 1.82) is 0 Å². The summed E-state index contributed by atoms with van der Waals surface area (Å²) in [4.78, 5) is 10.5. The summed E-state index contributed by atoms with van der Waals surface area (Å²) in [6, 6.07) is 0. The Morgan fingerprint density at radius 1 is 1.78 bits per heavy atom. The van der Waals surface area contributed by atoms with E-state index >= 15 is 0 Å². The van der Waals surface area contributed by atoms with E-state index in [9.17, 15) is 4.79 Å². The predicted octanol–water partition coefficient (Wildman–Crippen LogP) is -0.0697. The number of carbonyl (C=O) groups is 1. The summed E-state index contributed by atoms with van der Waals surface area (Å²) in [5, 5.41) is 9.02. The first kappa shape index (κ1) is 6.55. The van der Waals surface area contributed by atoms with E-state index < -0.39 is 6.10 Å². The number of hydrogen-bond donors (Lipinski definition) is 1. The predicted molar refractivity (Wildman–Crippen MR) is 30.7 cm³/mol. The van der Waals surface area contributed by atoms with Gasteiger partial charge in [-0.25, -0.2) is 0 Å². The number of hydrogen-bond acceptors (Lipinski definition) is 3. The second-order valence-corrected chi connectivity index (χ2v) is 2.43. The Balaban J connectivity index is 2.44. The van der Waals surface area contributed by atoms with Crippen LogP contribution in [-0.2, 0) is 9.53 Å². The Morgan fingerprint density at radius 3 is 2.89 bits per heavy atom. The molecule has 3 heteroatoms. The molecule has 0 aromatic rings. The Labute approximate surface area is 53.6 Å². The van der Waals surface area contributed by atoms with Crippen LogP contribution in [-0.4, -0.2) is 23.8 Å². The number of ether oxygens (including phenoxy) is 1. The fourth-order valence-electron chi connectivity index (χ4n) is 0.800. The molecule has 0 bridgehead atoms. The van der Waals surface area contributed by atoms with Crippen molar-refractivity contribution in [3.05, 3.63) is 0 Å². The van der Waals surface area contributed by atoms with Gasteiger partial charge in [-0.3, -0.25) is 4.79 Å². The maximum Gasteiger partial charge on any atom is 0.306 e. The third kappa shape index (κ3) is 1.42. The second-order valence-electron chi connectivity index (χ2n) is 2.43. The van der Waals surface area contributed by atoms with Crippen molar-refractivity contribution >= 4 is 5.97 Å². The first-order chi connectivity index (χ1) is 4.20. The van der Waals surface area contributed by atoms with E-state index in [0.29, 0.717) is 6.42 Å². The van der Waals surface area contributed by atoms with Gasteiger partial charge in [-0.15, -0.1) is 0 Å². The Bertz CT molecular complexity index is 121. The van der Waals surface area contributed by atoms with Crippen LogP contribution in [0.1, 0.15) is 13.3 Å². The van der Waals surface area contributed by atoms with Crippen molar-refractivity contribution in [2.24, 2.45) is 5.92 Å². The van der Waals surface area contributed by atoms with E-state index in [1.165, 1.54) is 0 Å². The number of aliphatic hydroxyl groups excluding tert-OH is 1. The van der Waals surface area contributed by atoms with E-state index in [4.69, 9.17) is 5.11 Å². The molecular formula is C6H10O3. The quantitative estimate of drug-likeness (QED) is 0.467. The Kier molecular flexibility index (Phi) is 1.71. The minimum absolute atomic E-state index is 0.0613. The third-order valence-corrected chi connectivity index (χ3v) is 1.56. The molecule has 0 saturated carbocycles. The second kappa shape index (κ2) is 2.35. The highest BCUT2D eigenvalue weighted by Crippen LogP contribution is 2.14. The van der Waals surface area contributed by atoms with Gasteiger partial charge in [0.15, 0.2) is 0 Å². The molecular weight excluding hydrogens is 120 g/mol. The first-order valence-electron chi connectivity index (χ1n) is 3.04. The van der Waals surface area contributed by atoms with Gasteiger partial charge < -0.3 is 9.84 Å². The number of carbonyl (C=O) groups excluding carboxylic acids is 1. The van der Waals surface area contributed by atoms with Gasteiger partial charge in [0.2, 0.25) is 0 Å². The maximum atomic E-state index is 10.5. The smallest absolute Gasteiger partial charge is 0.306 e.